The molecule has 21 heavy (non-hydrogen) atoms. The number of anilines is 1. The number of aryl methyl sites for hydroxylation is 1. The lowest BCUT2D eigenvalue weighted by Gasteiger charge is -2.08. The van der Waals surface area contributed by atoms with E-state index in [1.807, 2.05) is 0 Å². The predicted molar refractivity (Wildman–Crippen MR) is 90.7 cm³/mol. The number of aromatic nitrogens is 2. The molecule has 2 heterocycles. The summed E-state index contributed by atoms with van der Waals surface area (Å²) < 4.78 is 3.34. The average molecular weight is 342 g/mol. The van der Waals surface area contributed by atoms with Gasteiger partial charge in [0.2, 0.25) is 0 Å². The molecule has 0 atom stereocenters. The molecule has 0 saturated carbocycles. The molecule has 0 radical (unpaired) electrons. The van der Waals surface area contributed by atoms with E-state index >= 15 is 0 Å². The number of halogens is 1. The molecule has 0 bridgehead atoms. The van der Waals surface area contributed by atoms with Crippen LogP contribution in [0.2, 0.25) is 0 Å². The smallest absolute Gasteiger partial charge is 0.141 e. The largest absolute Gasteiger partial charge is 0.384 e. The zero-order valence-corrected chi connectivity index (χ0v) is 13.4. The van der Waals surface area contributed by atoms with Crippen LogP contribution in [0.4, 0.5) is 5.69 Å². The van der Waals surface area contributed by atoms with Gasteiger partial charge in [-0.3, -0.25) is 0 Å². The lowest BCUT2D eigenvalue weighted by Crippen LogP contribution is -1.98. The van der Waals surface area contributed by atoms with E-state index in [4.69, 9.17) is 4.98 Å². The summed E-state index contributed by atoms with van der Waals surface area (Å²) in [5.41, 5.74) is 6.06. The van der Waals surface area contributed by atoms with E-state index in [1.54, 1.807) is 0 Å². The summed E-state index contributed by atoms with van der Waals surface area (Å²) in [6, 6.07) is 12.9. The number of benzene rings is 2. The highest BCUT2D eigenvalue weighted by atomic mass is 79.9. The summed E-state index contributed by atoms with van der Waals surface area (Å²) in [5, 5.41) is 3.45. The molecule has 1 aliphatic rings. The van der Waals surface area contributed by atoms with E-state index < -0.39 is 0 Å². The van der Waals surface area contributed by atoms with Crippen molar-refractivity contribution in [1.82, 2.24) is 9.55 Å². The maximum absolute atomic E-state index is 4.85. The molecular weight excluding hydrogens is 326 g/mol. The van der Waals surface area contributed by atoms with Gasteiger partial charge in [0, 0.05) is 28.8 Å². The topological polar surface area (TPSA) is 29.9 Å². The Morgan fingerprint density at radius 3 is 3.00 bits per heavy atom. The molecule has 0 aliphatic carbocycles. The summed E-state index contributed by atoms with van der Waals surface area (Å²) in [4.78, 5) is 4.85. The van der Waals surface area contributed by atoms with Gasteiger partial charge in [-0.2, -0.15) is 0 Å². The van der Waals surface area contributed by atoms with Crippen molar-refractivity contribution in [2.45, 2.75) is 19.9 Å². The first-order chi connectivity index (χ1) is 10.3. The quantitative estimate of drug-likeness (QED) is 0.745. The number of imidazole rings is 1. The molecule has 0 amide bonds. The highest BCUT2D eigenvalue weighted by Gasteiger charge is 2.15. The second-order valence-electron chi connectivity index (χ2n) is 5.36. The van der Waals surface area contributed by atoms with E-state index in [-0.39, 0.29) is 0 Å². The summed E-state index contributed by atoms with van der Waals surface area (Å²) in [6.45, 7) is 4.12. The second-order valence-corrected chi connectivity index (χ2v) is 6.28. The van der Waals surface area contributed by atoms with Crippen molar-refractivity contribution in [2.75, 3.05) is 11.9 Å². The van der Waals surface area contributed by atoms with Gasteiger partial charge in [0.15, 0.2) is 0 Å². The Bertz CT molecular complexity index is 835. The number of nitrogens with one attached hydrogen (secondary N) is 1. The fraction of sp³-hybridized carbons (Fsp3) is 0.235. The first kappa shape index (κ1) is 12.9. The van der Waals surface area contributed by atoms with Gasteiger partial charge in [0.25, 0.3) is 0 Å². The Morgan fingerprint density at radius 1 is 1.24 bits per heavy atom. The number of fused-ring (bicyclic) bond motifs is 2. The minimum Gasteiger partial charge on any atom is -0.384 e. The molecular formula is C17H16BrN3. The highest BCUT2D eigenvalue weighted by molar-refractivity contribution is 9.10. The molecule has 1 aromatic heterocycles. The van der Waals surface area contributed by atoms with Crippen LogP contribution < -0.4 is 5.32 Å². The van der Waals surface area contributed by atoms with Crippen LogP contribution in [0.1, 0.15) is 12.5 Å². The van der Waals surface area contributed by atoms with E-state index in [0.717, 1.165) is 35.3 Å². The van der Waals surface area contributed by atoms with Gasteiger partial charge in [-0.05, 0) is 43.2 Å². The van der Waals surface area contributed by atoms with E-state index in [2.05, 4.69) is 69.1 Å². The number of rotatable bonds is 2. The molecule has 1 N–H and O–H groups in total. The molecule has 2 aromatic carbocycles. The average Bonchev–Trinajstić information content (AvgIpc) is 3.09. The van der Waals surface area contributed by atoms with E-state index in [1.165, 1.54) is 22.3 Å². The van der Waals surface area contributed by atoms with Crippen molar-refractivity contribution in [1.29, 1.82) is 0 Å². The maximum atomic E-state index is 4.85. The van der Waals surface area contributed by atoms with Crippen LogP contribution in [0.5, 0.6) is 0 Å². The number of hydrogen-bond acceptors (Lipinski definition) is 2. The molecule has 3 aromatic rings. The minimum absolute atomic E-state index is 0.915. The van der Waals surface area contributed by atoms with Crippen LogP contribution >= 0.6 is 15.9 Å². The molecule has 4 heteroatoms. The predicted octanol–water partition coefficient (Wildman–Crippen LogP) is 4.45. The van der Waals surface area contributed by atoms with Crippen molar-refractivity contribution < 1.29 is 0 Å². The molecule has 106 valence electrons. The zero-order chi connectivity index (χ0) is 14.4. The summed E-state index contributed by atoms with van der Waals surface area (Å²) >= 11 is 3.53. The zero-order valence-electron chi connectivity index (χ0n) is 11.9. The van der Waals surface area contributed by atoms with Crippen LogP contribution in [0.25, 0.3) is 22.4 Å². The molecule has 0 unspecified atom stereocenters. The van der Waals surface area contributed by atoms with Gasteiger partial charge in [-0.15, -0.1) is 0 Å². The third-order valence-corrected chi connectivity index (χ3v) is 4.60. The molecule has 0 fully saturated rings. The minimum atomic E-state index is 0.915. The van der Waals surface area contributed by atoms with E-state index in [0.29, 0.717) is 0 Å². The molecule has 1 aliphatic heterocycles. The van der Waals surface area contributed by atoms with Crippen molar-refractivity contribution >= 4 is 32.7 Å². The lowest BCUT2D eigenvalue weighted by atomic mass is 10.1. The number of nitrogens with zero attached hydrogens (tertiary/aromatic N) is 2. The third kappa shape index (κ3) is 2.05. The summed E-state index contributed by atoms with van der Waals surface area (Å²) in [5.74, 6) is 1.04. The normalized spacial score (nSPS) is 13.4. The van der Waals surface area contributed by atoms with Gasteiger partial charge in [0.05, 0.1) is 11.0 Å². The van der Waals surface area contributed by atoms with Crippen LogP contribution in [0.3, 0.4) is 0 Å². The Hall–Kier alpha value is -1.81. The maximum Gasteiger partial charge on any atom is 0.141 e. The summed E-state index contributed by atoms with van der Waals surface area (Å²) in [6.07, 6.45) is 1.12. The van der Waals surface area contributed by atoms with Gasteiger partial charge in [-0.1, -0.05) is 28.1 Å². The van der Waals surface area contributed by atoms with Crippen molar-refractivity contribution in [3.05, 3.63) is 46.4 Å². The van der Waals surface area contributed by atoms with Crippen LogP contribution in [0, 0.1) is 0 Å². The summed E-state index contributed by atoms with van der Waals surface area (Å²) in [7, 11) is 0. The second kappa shape index (κ2) is 4.88. The van der Waals surface area contributed by atoms with Crippen LogP contribution in [0.15, 0.2) is 40.9 Å². The van der Waals surface area contributed by atoms with Gasteiger partial charge in [-0.25, -0.2) is 4.98 Å². The van der Waals surface area contributed by atoms with Gasteiger partial charge in [0.1, 0.15) is 5.82 Å². The fourth-order valence-corrected chi connectivity index (χ4v) is 3.42. The Labute approximate surface area is 132 Å². The van der Waals surface area contributed by atoms with E-state index in [9.17, 15) is 0 Å². The Morgan fingerprint density at radius 2 is 2.14 bits per heavy atom. The molecule has 0 spiro atoms. The first-order valence-electron chi connectivity index (χ1n) is 7.29. The monoisotopic (exact) mass is 341 g/mol. The molecule has 4 rings (SSSR count). The Balaban J connectivity index is 1.93. The fourth-order valence-electron chi connectivity index (χ4n) is 3.07. The standard InChI is InChI=1S/C17H16BrN3/c1-2-21-16-6-5-13(18)10-15(16)20-17(21)12-4-3-11-7-8-19-14(11)9-12/h3-6,9-10,19H,2,7-8H2,1H3. The highest BCUT2D eigenvalue weighted by Crippen LogP contribution is 2.31. The SMILES string of the molecule is CCn1c(-c2ccc3c(c2)NCC3)nc2cc(Br)ccc21. The Kier molecular flexibility index (Phi) is 3.00. The lowest BCUT2D eigenvalue weighted by molar-refractivity contribution is 0.796. The van der Waals surface area contributed by atoms with Crippen molar-refractivity contribution in [3.63, 3.8) is 0 Å². The van der Waals surface area contributed by atoms with Crippen LogP contribution in [-0.2, 0) is 13.0 Å². The first-order valence-corrected chi connectivity index (χ1v) is 8.08. The van der Waals surface area contributed by atoms with Crippen molar-refractivity contribution in [2.24, 2.45) is 0 Å². The number of hydrogen-bond donors (Lipinski definition) is 1. The van der Waals surface area contributed by atoms with Gasteiger partial charge >= 0.3 is 0 Å². The third-order valence-electron chi connectivity index (χ3n) is 4.10. The van der Waals surface area contributed by atoms with Crippen LogP contribution in [-0.4, -0.2) is 16.1 Å². The van der Waals surface area contributed by atoms with Gasteiger partial charge < -0.3 is 9.88 Å². The molecule has 0 saturated heterocycles. The van der Waals surface area contributed by atoms with Crippen molar-refractivity contribution in [3.8, 4) is 11.4 Å². The molecule has 3 nitrogen and oxygen atoms in total.